The molecule has 5 rings (SSSR count). The summed E-state index contributed by atoms with van der Waals surface area (Å²) in [7, 11) is 0. The number of morpholine rings is 1. The molecule has 2 aromatic heterocycles. The van der Waals surface area contributed by atoms with Gasteiger partial charge in [-0.15, -0.1) is 0 Å². The number of ether oxygens (including phenoxy) is 2. The number of aryl methyl sites for hydroxylation is 2. The Hall–Kier alpha value is -3.39. The molecule has 2 aliphatic rings. The highest BCUT2D eigenvalue weighted by molar-refractivity contribution is 5.93. The van der Waals surface area contributed by atoms with Gasteiger partial charge in [-0.1, -0.05) is 12.1 Å². The second-order valence-electron chi connectivity index (χ2n) is 8.31. The van der Waals surface area contributed by atoms with Gasteiger partial charge in [-0.3, -0.25) is 10.1 Å². The molecule has 33 heavy (non-hydrogen) atoms. The molecule has 1 amide bonds. The Morgan fingerprint density at radius 1 is 1.36 bits per heavy atom. The van der Waals surface area contributed by atoms with Crippen LogP contribution < -0.4 is 10.6 Å². The Labute approximate surface area is 190 Å². The number of para-hydroxylation sites is 2. The third kappa shape index (κ3) is 3.74. The summed E-state index contributed by atoms with van der Waals surface area (Å²) in [5, 5.41) is 16.1. The maximum absolute atomic E-state index is 12.9. The number of benzene rings is 1. The molecule has 3 aromatic rings. The summed E-state index contributed by atoms with van der Waals surface area (Å²) in [6.07, 6.45) is 0.0261. The average molecular weight is 447 g/mol. The Morgan fingerprint density at radius 2 is 2.18 bits per heavy atom. The molecule has 0 radical (unpaired) electrons. The fourth-order valence-corrected chi connectivity index (χ4v) is 4.40. The molecule has 1 aromatic carbocycles. The highest BCUT2D eigenvalue weighted by atomic mass is 16.7. The summed E-state index contributed by atoms with van der Waals surface area (Å²) >= 11 is 0. The van der Waals surface area contributed by atoms with Crippen LogP contribution in [0, 0.1) is 18.3 Å². The fraction of sp³-hybridized carbons (Fsp3) is 0.435. The molecular weight excluding hydrogens is 422 g/mol. The van der Waals surface area contributed by atoms with Gasteiger partial charge in [-0.25, -0.2) is 15.0 Å². The first-order valence-electron chi connectivity index (χ1n) is 11.0. The summed E-state index contributed by atoms with van der Waals surface area (Å²) in [5.74, 6) is -0.360. The second kappa shape index (κ2) is 8.51. The number of nitrogens with one attached hydrogen (secondary N) is 2. The number of nitrogens with zero attached hydrogens (tertiary/aromatic N) is 5. The molecule has 5 atom stereocenters. The van der Waals surface area contributed by atoms with E-state index in [2.05, 4.69) is 26.7 Å². The molecule has 0 aliphatic carbocycles. The van der Waals surface area contributed by atoms with Gasteiger partial charge in [0, 0.05) is 19.3 Å². The maximum Gasteiger partial charge on any atom is 0.258 e. The highest BCUT2D eigenvalue weighted by Gasteiger charge is 2.46. The lowest BCUT2D eigenvalue weighted by Crippen LogP contribution is -2.48. The summed E-state index contributed by atoms with van der Waals surface area (Å²) < 4.78 is 13.5. The summed E-state index contributed by atoms with van der Waals surface area (Å²) in [5.41, 5.74) is 3.03. The summed E-state index contributed by atoms with van der Waals surface area (Å²) in [6.45, 7) is 6.99. The lowest BCUT2D eigenvalue weighted by Gasteiger charge is -2.25. The van der Waals surface area contributed by atoms with Crippen LogP contribution in [-0.2, 0) is 20.8 Å². The molecule has 0 saturated carbocycles. The standard InChI is InChI=1S/C23H25N7O3/c1-4-30-16-8-6-5-7-15(16)27-20(30)14(9-24)18-12(2)10-26-23(28-18)29-21(31)19-17-11-25-13(3)22(32-17)33-19/h5-8,10,13-14,17,19,22,25H,4,11H2,1-3H3,(H,26,28,29,31)/t13-,14?,17-,19?,22-/m0/s1. The molecule has 2 saturated heterocycles. The van der Waals surface area contributed by atoms with Crippen LogP contribution in [0.1, 0.15) is 36.8 Å². The van der Waals surface area contributed by atoms with Gasteiger partial charge in [-0.05, 0) is 38.5 Å². The number of anilines is 1. The quantitative estimate of drug-likeness (QED) is 0.607. The Morgan fingerprint density at radius 3 is 2.94 bits per heavy atom. The minimum atomic E-state index is -0.753. The van der Waals surface area contributed by atoms with Crippen molar-refractivity contribution in [2.75, 3.05) is 11.9 Å². The van der Waals surface area contributed by atoms with Gasteiger partial charge >= 0.3 is 0 Å². The van der Waals surface area contributed by atoms with E-state index in [1.54, 1.807) is 6.20 Å². The highest BCUT2D eigenvalue weighted by Crippen LogP contribution is 2.29. The predicted molar refractivity (Wildman–Crippen MR) is 119 cm³/mol. The third-order valence-electron chi connectivity index (χ3n) is 6.14. The van der Waals surface area contributed by atoms with E-state index in [0.29, 0.717) is 24.6 Å². The number of hydrogen-bond donors (Lipinski definition) is 2. The Kier molecular flexibility index (Phi) is 5.54. The second-order valence-corrected chi connectivity index (χ2v) is 8.31. The predicted octanol–water partition coefficient (Wildman–Crippen LogP) is 1.85. The number of carbonyl (C=O) groups excluding carboxylic acids is 1. The number of rotatable bonds is 5. The molecule has 10 heteroatoms. The van der Waals surface area contributed by atoms with Gasteiger partial charge < -0.3 is 19.4 Å². The van der Waals surface area contributed by atoms with Gasteiger partial charge in [-0.2, -0.15) is 5.26 Å². The van der Waals surface area contributed by atoms with Crippen molar-refractivity contribution in [3.05, 3.63) is 47.5 Å². The number of aromatic nitrogens is 4. The zero-order valence-electron chi connectivity index (χ0n) is 18.6. The number of carbonyl (C=O) groups is 1. The van der Waals surface area contributed by atoms with Gasteiger partial charge in [0.05, 0.1) is 28.8 Å². The van der Waals surface area contributed by atoms with E-state index in [4.69, 9.17) is 14.5 Å². The number of nitriles is 1. The molecule has 2 unspecified atom stereocenters. The molecule has 170 valence electrons. The first-order valence-corrected chi connectivity index (χ1v) is 11.0. The van der Waals surface area contributed by atoms with Gasteiger partial charge in [0.25, 0.3) is 5.91 Å². The smallest absolute Gasteiger partial charge is 0.258 e. The van der Waals surface area contributed by atoms with Crippen LogP contribution in [0.15, 0.2) is 30.5 Å². The minimum absolute atomic E-state index is 0.00971. The van der Waals surface area contributed by atoms with Crippen molar-refractivity contribution < 1.29 is 14.3 Å². The van der Waals surface area contributed by atoms with E-state index in [-0.39, 0.29) is 24.0 Å². The number of imidazole rings is 1. The number of amides is 1. The molecular formula is C23H25N7O3. The Bertz CT molecular complexity index is 1250. The maximum atomic E-state index is 12.9. The third-order valence-corrected chi connectivity index (χ3v) is 6.14. The first kappa shape index (κ1) is 21.5. The Balaban J connectivity index is 1.44. The van der Waals surface area contributed by atoms with Crippen molar-refractivity contribution in [3.63, 3.8) is 0 Å². The van der Waals surface area contributed by atoms with Gasteiger partial charge in [0.1, 0.15) is 17.8 Å². The molecule has 2 fully saturated rings. The number of fused-ring (bicyclic) bond motifs is 3. The molecule has 0 spiro atoms. The monoisotopic (exact) mass is 447 g/mol. The zero-order chi connectivity index (χ0) is 23.1. The van der Waals surface area contributed by atoms with Crippen molar-refractivity contribution in [3.8, 4) is 6.07 Å². The van der Waals surface area contributed by atoms with E-state index < -0.39 is 18.3 Å². The van der Waals surface area contributed by atoms with E-state index >= 15 is 0 Å². The van der Waals surface area contributed by atoms with Crippen LogP contribution in [0.3, 0.4) is 0 Å². The van der Waals surface area contributed by atoms with E-state index in [0.717, 1.165) is 16.6 Å². The van der Waals surface area contributed by atoms with Gasteiger partial charge in [0.15, 0.2) is 12.4 Å². The summed E-state index contributed by atoms with van der Waals surface area (Å²) in [4.78, 5) is 26.4. The van der Waals surface area contributed by atoms with Crippen LogP contribution in [0.5, 0.6) is 0 Å². The fourth-order valence-electron chi connectivity index (χ4n) is 4.40. The van der Waals surface area contributed by atoms with Crippen LogP contribution in [-0.4, -0.2) is 56.5 Å². The van der Waals surface area contributed by atoms with Crippen molar-refractivity contribution >= 4 is 22.9 Å². The van der Waals surface area contributed by atoms with Gasteiger partial charge in [0.2, 0.25) is 5.95 Å². The van der Waals surface area contributed by atoms with E-state index in [9.17, 15) is 10.1 Å². The van der Waals surface area contributed by atoms with E-state index in [1.165, 1.54) is 0 Å². The lowest BCUT2D eigenvalue weighted by molar-refractivity contribution is -0.130. The molecule has 10 nitrogen and oxygen atoms in total. The summed E-state index contributed by atoms with van der Waals surface area (Å²) in [6, 6.07) is 10.1. The molecule has 2 bridgehead atoms. The van der Waals surface area contributed by atoms with Crippen molar-refractivity contribution in [1.29, 1.82) is 5.26 Å². The molecule has 2 aliphatic heterocycles. The lowest BCUT2D eigenvalue weighted by atomic mass is 10.0. The van der Waals surface area contributed by atoms with Crippen LogP contribution >= 0.6 is 0 Å². The normalized spacial score (nSPS) is 25.0. The van der Waals surface area contributed by atoms with Crippen molar-refractivity contribution in [1.82, 2.24) is 24.8 Å². The minimum Gasteiger partial charge on any atom is -0.343 e. The topological polar surface area (TPSA) is 127 Å². The SMILES string of the molecule is CCn1c(C(C#N)c2nc(NC(=O)C3O[C@@H]4O[C@H]3CN[C@H]4C)ncc2C)nc2ccccc21. The van der Waals surface area contributed by atoms with Crippen LogP contribution in [0.25, 0.3) is 11.0 Å². The van der Waals surface area contributed by atoms with Crippen molar-refractivity contribution in [2.45, 2.75) is 57.8 Å². The van der Waals surface area contributed by atoms with Crippen LogP contribution in [0.4, 0.5) is 5.95 Å². The molecule has 2 N–H and O–H groups in total. The van der Waals surface area contributed by atoms with Crippen LogP contribution in [0.2, 0.25) is 0 Å². The average Bonchev–Trinajstić information content (AvgIpc) is 3.37. The molecule has 4 heterocycles. The first-order chi connectivity index (χ1) is 16.0. The zero-order valence-corrected chi connectivity index (χ0v) is 18.6. The van der Waals surface area contributed by atoms with E-state index in [1.807, 2.05) is 49.6 Å². The van der Waals surface area contributed by atoms with Crippen molar-refractivity contribution in [2.24, 2.45) is 0 Å². The largest absolute Gasteiger partial charge is 0.343 e. The number of hydrogen-bond acceptors (Lipinski definition) is 8.